The zero-order valence-electron chi connectivity index (χ0n) is 15.4. The summed E-state index contributed by atoms with van der Waals surface area (Å²) in [6.45, 7) is 0.220. The van der Waals surface area contributed by atoms with Crippen LogP contribution >= 0.6 is 0 Å². The molecule has 2 aromatic carbocycles. The van der Waals surface area contributed by atoms with Crippen LogP contribution in [0.4, 0.5) is 0 Å². The predicted octanol–water partition coefficient (Wildman–Crippen LogP) is 1.89. The average molecular weight is 381 g/mol. The average Bonchev–Trinajstić information content (AvgIpc) is 2.72. The molecule has 0 spiro atoms. The topological polar surface area (TPSA) is 103 Å². The number of amides is 1. The van der Waals surface area contributed by atoms with Crippen molar-refractivity contribution in [1.82, 2.24) is 15.1 Å². The standard InChI is InChI=1S/C20H19N3O5/c1-27-14-9-7-13(8-10-14)12-21-20(26)19-16(24)11-18(25)23(22-19)15-5-3-4-6-17(15)28-2/h3-11,24H,12H2,1-2H3,(H,21,26). The lowest BCUT2D eigenvalue weighted by atomic mass is 10.2. The van der Waals surface area contributed by atoms with E-state index >= 15 is 0 Å². The van der Waals surface area contributed by atoms with Gasteiger partial charge in [0.05, 0.1) is 14.2 Å². The van der Waals surface area contributed by atoms with Crippen molar-refractivity contribution in [1.29, 1.82) is 0 Å². The zero-order valence-corrected chi connectivity index (χ0v) is 15.4. The molecular weight excluding hydrogens is 362 g/mol. The summed E-state index contributed by atoms with van der Waals surface area (Å²) in [5.41, 5.74) is 0.346. The van der Waals surface area contributed by atoms with Crippen LogP contribution in [-0.2, 0) is 6.54 Å². The van der Waals surface area contributed by atoms with E-state index in [-0.39, 0.29) is 12.2 Å². The quantitative estimate of drug-likeness (QED) is 0.676. The Morgan fingerprint density at radius 2 is 1.82 bits per heavy atom. The van der Waals surface area contributed by atoms with Crippen LogP contribution in [0.3, 0.4) is 0 Å². The number of nitrogens with one attached hydrogen (secondary N) is 1. The molecule has 0 radical (unpaired) electrons. The molecule has 3 rings (SSSR count). The predicted molar refractivity (Wildman–Crippen MR) is 102 cm³/mol. The molecule has 8 heteroatoms. The third-order valence-electron chi connectivity index (χ3n) is 4.05. The first kappa shape index (κ1) is 19.0. The normalized spacial score (nSPS) is 10.4. The maximum Gasteiger partial charge on any atom is 0.275 e. The van der Waals surface area contributed by atoms with Crippen molar-refractivity contribution in [3.05, 3.63) is 76.2 Å². The maximum absolute atomic E-state index is 12.5. The molecule has 0 aliphatic rings. The summed E-state index contributed by atoms with van der Waals surface area (Å²) in [5, 5.41) is 16.7. The lowest BCUT2D eigenvalue weighted by Gasteiger charge is -2.12. The van der Waals surface area contributed by atoms with Gasteiger partial charge in [-0.15, -0.1) is 0 Å². The van der Waals surface area contributed by atoms with Crippen LogP contribution in [0.5, 0.6) is 17.2 Å². The number of ether oxygens (including phenoxy) is 2. The minimum Gasteiger partial charge on any atom is -0.505 e. The van der Waals surface area contributed by atoms with E-state index in [9.17, 15) is 14.7 Å². The molecule has 1 amide bonds. The molecule has 2 N–H and O–H groups in total. The van der Waals surface area contributed by atoms with Gasteiger partial charge in [-0.25, -0.2) is 0 Å². The molecular formula is C20H19N3O5. The second-order valence-electron chi connectivity index (χ2n) is 5.83. The molecule has 1 heterocycles. The van der Waals surface area contributed by atoms with Crippen LogP contribution in [-0.4, -0.2) is 35.0 Å². The molecule has 0 aliphatic carbocycles. The van der Waals surface area contributed by atoms with Gasteiger partial charge in [-0.2, -0.15) is 9.78 Å². The first-order valence-corrected chi connectivity index (χ1v) is 8.41. The first-order chi connectivity index (χ1) is 13.5. The molecule has 0 aliphatic heterocycles. The van der Waals surface area contributed by atoms with E-state index < -0.39 is 17.2 Å². The fourth-order valence-electron chi connectivity index (χ4n) is 2.60. The summed E-state index contributed by atoms with van der Waals surface area (Å²) in [7, 11) is 3.04. The van der Waals surface area contributed by atoms with Gasteiger partial charge in [0.25, 0.3) is 11.5 Å². The van der Waals surface area contributed by atoms with Gasteiger partial charge in [-0.3, -0.25) is 9.59 Å². The van der Waals surface area contributed by atoms with Crippen molar-refractivity contribution < 1.29 is 19.4 Å². The van der Waals surface area contributed by atoms with Gasteiger partial charge in [0.1, 0.15) is 17.2 Å². The van der Waals surface area contributed by atoms with E-state index in [1.54, 1.807) is 43.5 Å². The summed E-state index contributed by atoms with van der Waals surface area (Å²) in [5.74, 6) is 0.00555. The number of aromatic hydroxyl groups is 1. The maximum atomic E-state index is 12.5. The number of methoxy groups -OCH3 is 2. The Morgan fingerprint density at radius 1 is 1.11 bits per heavy atom. The number of rotatable bonds is 6. The van der Waals surface area contributed by atoms with Crippen molar-refractivity contribution in [2.45, 2.75) is 6.54 Å². The summed E-state index contributed by atoms with van der Waals surface area (Å²) in [6.07, 6.45) is 0. The molecule has 0 unspecified atom stereocenters. The second kappa shape index (κ2) is 8.26. The van der Waals surface area contributed by atoms with Gasteiger partial charge < -0.3 is 19.9 Å². The van der Waals surface area contributed by atoms with Gasteiger partial charge in [0.15, 0.2) is 11.4 Å². The van der Waals surface area contributed by atoms with Gasteiger partial charge in [-0.05, 0) is 29.8 Å². The number of carbonyl (C=O) groups excluding carboxylic acids is 1. The van der Waals surface area contributed by atoms with Crippen LogP contribution < -0.4 is 20.3 Å². The van der Waals surface area contributed by atoms with Gasteiger partial charge >= 0.3 is 0 Å². The Labute approximate surface area is 161 Å². The van der Waals surface area contributed by atoms with Crippen LogP contribution in [0.1, 0.15) is 16.1 Å². The van der Waals surface area contributed by atoms with Gasteiger partial charge in [0, 0.05) is 12.6 Å². The Morgan fingerprint density at radius 3 is 2.50 bits per heavy atom. The number of nitrogens with zero attached hydrogens (tertiary/aromatic N) is 2. The molecule has 3 aromatic rings. The van der Waals surface area contributed by atoms with E-state index in [4.69, 9.17) is 9.47 Å². The van der Waals surface area contributed by atoms with Crippen molar-refractivity contribution >= 4 is 5.91 Å². The Bertz CT molecular complexity index is 1040. The molecule has 1 aromatic heterocycles. The highest BCUT2D eigenvalue weighted by Gasteiger charge is 2.18. The molecule has 8 nitrogen and oxygen atoms in total. The van der Waals surface area contributed by atoms with Crippen LogP contribution in [0, 0.1) is 0 Å². The lowest BCUT2D eigenvalue weighted by Crippen LogP contribution is -2.29. The molecule has 0 saturated heterocycles. The number of aromatic nitrogens is 2. The Kier molecular flexibility index (Phi) is 5.59. The van der Waals surface area contributed by atoms with E-state index in [2.05, 4.69) is 10.4 Å². The summed E-state index contributed by atoms with van der Waals surface area (Å²) in [4.78, 5) is 24.8. The smallest absolute Gasteiger partial charge is 0.275 e. The fourth-order valence-corrected chi connectivity index (χ4v) is 2.60. The van der Waals surface area contributed by atoms with Crippen LogP contribution in [0.25, 0.3) is 5.69 Å². The molecule has 0 fully saturated rings. The lowest BCUT2D eigenvalue weighted by molar-refractivity contribution is 0.0941. The third-order valence-corrected chi connectivity index (χ3v) is 4.05. The number of benzene rings is 2. The summed E-state index contributed by atoms with van der Waals surface area (Å²) in [6, 6.07) is 14.9. The van der Waals surface area contributed by atoms with Gasteiger partial charge in [0.2, 0.25) is 0 Å². The number of carbonyl (C=O) groups is 1. The monoisotopic (exact) mass is 381 g/mol. The van der Waals surface area contributed by atoms with Crippen molar-refractivity contribution in [2.75, 3.05) is 14.2 Å². The number of hydrogen-bond acceptors (Lipinski definition) is 6. The van der Waals surface area contributed by atoms with E-state index in [1.807, 2.05) is 12.1 Å². The molecule has 0 bridgehead atoms. The zero-order chi connectivity index (χ0) is 20.1. The highest BCUT2D eigenvalue weighted by Crippen LogP contribution is 2.21. The number of hydrogen-bond donors (Lipinski definition) is 2. The van der Waals surface area contributed by atoms with Crippen LogP contribution in [0.15, 0.2) is 59.4 Å². The van der Waals surface area contributed by atoms with Gasteiger partial charge in [-0.1, -0.05) is 24.3 Å². The van der Waals surface area contributed by atoms with E-state index in [1.165, 1.54) is 7.11 Å². The highest BCUT2D eigenvalue weighted by molar-refractivity contribution is 5.94. The van der Waals surface area contributed by atoms with E-state index in [0.717, 1.165) is 16.3 Å². The van der Waals surface area contributed by atoms with Crippen molar-refractivity contribution in [3.63, 3.8) is 0 Å². The van der Waals surface area contributed by atoms with Crippen LogP contribution in [0.2, 0.25) is 0 Å². The Balaban J connectivity index is 1.86. The minimum atomic E-state index is -0.614. The molecule has 28 heavy (non-hydrogen) atoms. The van der Waals surface area contributed by atoms with E-state index in [0.29, 0.717) is 17.2 Å². The largest absolute Gasteiger partial charge is 0.505 e. The summed E-state index contributed by atoms with van der Waals surface area (Å²) >= 11 is 0. The molecule has 0 saturated carbocycles. The first-order valence-electron chi connectivity index (χ1n) is 8.41. The third kappa shape index (κ3) is 3.96. The van der Waals surface area contributed by atoms with Crippen molar-refractivity contribution in [3.8, 4) is 22.9 Å². The van der Waals surface area contributed by atoms with Crippen molar-refractivity contribution in [2.24, 2.45) is 0 Å². The second-order valence-corrected chi connectivity index (χ2v) is 5.83. The summed E-state index contributed by atoms with van der Waals surface area (Å²) < 4.78 is 11.3. The number of para-hydroxylation sites is 2. The minimum absolute atomic E-state index is 0.220. The SMILES string of the molecule is COc1ccc(CNC(=O)c2nn(-c3ccccc3OC)c(=O)cc2O)cc1. The Hall–Kier alpha value is -3.81. The fraction of sp³-hybridized carbons (Fsp3) is 0.150. The highest BCUT2D eigenvalue weighted by atomic mass is 16.5. The molecule has 0 atom stereocenters. The molecule has 144 valence electrons.